The van der Waals surface area contributed by atoms with Crippen LogP contribution in [0.4, 0.5) is 0 Å². The fourth-order valence-electron chi connectivity index (χ4n) is 1.76. The highest BCUT2D eigenvalue weighted by Gasteiger charge is 2.09. The summed E-state index contributed by atoms with van der Waals surface area (Å²) >= 11 is 4.93. The number of rotatable bonds is 5. The zero-order chi connectivity index (χ0) is 15.9. The number of carbonyl (C=O) groups is 1. The van der Waals surface area contributed by atoms with Gasteiger partial charge in [-0.05, 0) is 51.1 Å². The largest absolute Gasteiger partial charge is 0.496 e. The summed E-state index contributed by atoms with van der Waals surface area (Å²) in [5.74, 6) is 0.306. The number of benzene rings is 1. The molecular weight excluding hydrogens is 364 g/mol. The maximum absolute atomic E-state index is 12.0. The van der Waals surface area contributed by atoms with Crippen LogP contribution < -0.4 is 10.1 Å². The maximum atomic E-state index is 12.0. The molecule has 1 aromatic heterocycles. The third-order valence-corrected chi connectivity index (χ3v) is 4.35. The molecule has 2 rings (SSSR count). The molecule has 1 N–H and O–H groups in total. The van der Waals surface area contributed by atoms with E-state index in [2.05, 4.69) is 21.2 Å². The molecule has 0 spiro atoms. The smallest absolute Gasteiger partial charge is 0.262 e. The Kier molecular flexibility index (Phi) is 5.75. The SMILES string of the molecule is COc1ccc(/C=C(\C#N)C(=O)NCc2cccs2)cc1Br. The summed E-state index contributed by atoms with van der Waals surface area (Å²) in [7, 11) is 1.58. The van der Waals surface area contributed by atoms with Gasteiger partial charge in [-0.1, -0.05) is 12.1 Å². The molecule has 1 aromatic carbocycles. The number of amides is 1. The second kappa shape index (κ2) is 7.78. The van der Waals surface area contributed by atoms with E-state index in [9.17, 15) is 10.1 Å². The molecule has 0 aliphatic carbocycles. The van der Waals surface area contributed by atoms with Gasteiger partial charge >= 0.3 is 0 Å². The molecule has 4 nitrogen and oxygen atoms in total. The Balaban J connectivity index is 2.11. The predicted molar refractivity (Wildman–Crippen MR) is 90.4 cm³/mol. The van der Waals surface area contributed by atoms with Crippen molar-refractivity contribution in [2.45, 2.75) is 6.54 Å². The molecule has 2 aromatic rings. The Morgan fingerprint density at radius 1 is 1.50 bits per heavy atom. The summed E-state index contributed by atoms with van der Waals surface area (Å²) in [4.78, 5) is 13.1. The molecule has 0 fully saturated rings. The lowest BCUT2D eigenvalue weighted by Gasteiger charge is -2.05. The van der Waals surface area contributed by atoms with Crippen LogP contribution in [0.15, 0.2) is 45.8 Å². The number of thiophene rings is 1. The first-order chi connectivity index (χ1) is 10.6. The second-order valence-corrected chi connectivity index (χ2v) is 6.21. The van der Waals surface area contributed by atoms with Crippen molar-refractivity contribution >= 4 is 39.2 Å². The van der Waals surface area contributed by atoms with Gasteiger partial charge in [0.1, 0.15) is 17.4 Å². The molecule has 0 saturated heterocycles. The maximum Gasteiger partial charge on any atom is 0.262 e. The van der Waals surface area contributed by atoms with Crippen molar-refractivity contribution in [2.24, 2.45) is 0 Å². The van der Waals surface area contributed by atoms with Gasteiger partial charge in [-0.2, -0.15) is 5.26 Å². The molecule has 22 heavy (non-hydrogen) atoms. The first-order valence-electron chi connectivity index (χ1n) is 6.40. The van der Waals surface area contributed by atoms with Crippen molar-refractivity contribution in [3.8, 4) is 11.8 Å². The third kappa shape index (κ3) is 4.20. The topological polar surface area (TPSA) is 62.1 Å². The monoisotopic (exact) mass is 376 g/mol. The van der Waals surface area contributed by atoms with Gasteiger partial charge in [-0.25, -0.2) is 0 Å². The van der Waals surface area contributed by atoms with E-state index in [-0.39, 0.29) is 11.5 Å². The average Bonchev–Trinajstić information content (AvgIpc) is 3.04. The minimum absolute atomic E-state index is 0.0635. The average molecular weight is 377 g/mol. The molecule has 0 aliphatic rings. The van der Waals surface area contributed by atoms with Crippen molar-refractivity contribution in [1.29, 1.82) is 5.26 Å². The number of carbonyl (C=O) groups excluding carboxylic acids is 1. The van der Waals surface area contributed by atoms with E-state index in [1.807, 2.05) is 23.6 Å². The van der Waals surface area contributed by atoms with E-state index < -0.39 is 0 Å². The molecule has 0 bridgehead atoms. The van der Waals surface area contributed by atoms with Crippen LogP contribution in [0.25, 0.3) is 6.08 Å². The standard InChI is InChI=1S/C16H13BrN2O2S/c1-21-15-5-4-11(8-14(15)17)7-12(9-18)16(20)19-10-13-3-2-6-22-13/h2-8H,10H2,1H3,(H,19,20)/b12-7+. The van der Waals surface area contributed by atoms with Gasteiger partial charge in [-0.3, -0.25) is 4.79 Å². The van der Waals surface area contributed by atoms with E-state index >= 15 is 0 Å². The first-order valence-corrected chi connectivity index (χ1v) is 8.07. The molecule has 0 aliphatic heterocycles. The lowest BCUT2D eigenvalue weighted by Crippen LogP contribution is -2.23. The zero-order valence-corrected chi connectivity index (χ0v) is 14.2. The minimum Gasteiger partial charge on any atom is -0.496 e. The molecule has 0 atom stereocenters. The Labute approximate surface area is 141 Å². The molecule has 112 valence electrons. The number of nitrogens with zero attached hydrogens (tertiary/aromatic N) is 1. The van der Waals surface area contributed by atoms with Crippen molar-refractivity contribution in [3.05, 3.63) is 56.2 Å². The molecular formula is C16H13BrN2O2S. The summed E-state index contributed by atoms with van der Waals surface area (Å²) in [5.41, 5.74) is 0.809. The predicted octanol–water partition coefficient (Wildman–Crippen LogP) is 3.74. The molecule has 1 heterocycles. The molecule has 1 amide bonds. The van der Waals surface area contributed by atoms with Gasteiger partial charge in [0.2, 0.25) is 0 Å². The van der Waals surface area contributed by atoms with Crippen molar-refractivity contribution in [3.63, 3.8) is 0 Å². The number of hydrogen-bond acceptors (Lipinski definition) is 4. The fourth-order valence-corrected chi connectivity index (χ4v) is 2.97. The first kappa shape index (κ1) is 16.3. The summed E-state index contributed by atoms with van der Waals surface area (Å²) in [6, 6.07) is 11.1. The van der Waals surface area contributed by atoms with E-state index in [0.29, 0.717) is 12.3 Å². The van der Waals surface area contributed by atoms with Crippen molar-refractivity contribution in [2.75, 3.05) is 7.11 Å². The van der Waals surface area contributed by atoms with Gasteiger partial charge in [-0.15, -0.1) is 11.3 Å². The van der Waals surface area contributed by atoms with Crippen LogP contribution in [-0.2, 0) is 11.3 Å². The molecule has 0 unspecified atom stereocenters. The van der Waals surface area contributed by atoms with Gasteiger partial charge in [0.15, 0.2) is 0 Å². The number of nitrogens with one attached hydrogen (secondary N) is 1. The van der Waals surface area contributed by atoms with E-state index in [1.165, 1.54) is 0 Å². The van der Waals surface area contributed by atoms with Crippen LogP contribution >= 0.6 is 27.3 Å². The number of halogens is 1. The summed E-state index contributed by atoms with van der Waals surface area (Å²) in [5, 5.41) is 13.9. The van der Waals surface area contributed by atoms with E-state index in [0.717, 1.165) is 14.9 Å². The third-order valence-electron chi connectivity index (χ3n) is 2.86. The Morgan fingerprint density at radius 3 is 2.91 bits per heavy atom. The van der Waals surface area contributed by atoms with Crippen LogP contribution in [0.2, 0.25) is 0 Å². The van der Waals surface area contributed by atoms with Gasteiger partial charge in [0.25, 0.3) is 5.91 Å². The van der Waals surface area contributed by atoms with Crippen LogP contribution in [0, 0.1) is 11.3 Å². The Hall–Kier alpha value is -2.10. The molecule has 6 heteroatoms. The van der Waals surface area contributed by atoms with Crippen LogP contribution in [0.1, 0.15) is 10.4 Å². The highest BCUT2D eigenvalue weighted by molar-refractivity contribution is 9.10. The van der Waals surface area contributed by atoms with Crippen LogP contribution in [0.3, 0.4) is 0 Å². The number of ether oxygens (including phenoxy) is 1. The van der Waals surface area contributed by atoms with Gasteiger partial charge < -0.3 is 10.1 Å². The van der Waals surface area contributed by atoms with Crippen molar-refractivity contribution in [1.82, 2.24) is 5.32 Å². The quantitative estimate of drug-likeness (QED) is 0.638. The Bertz CT molecular complexity index is 733. The van der Waals surface area contributed by atoms with Crippen LogP contribution in [-0.4, -0.2) is 13.0 Å². The lowest BCUT2D eigenvalue weighted by atomic mass is 10.1. The zero-order valence-electron chi connectivity index (χ0n) is 11.8. The lowest BCUT2D eigenvalue weighted by molar-refractivity contribution is -0.117. The van der Waals surface area contributed by atoms with E-state index in [4.69, 9.17) is 4.74 Å². The van der Waals surface area contributed by atoms with Gasteiger partial charge in [0, 0.05) is 4.88 Å². The number of nitriles is 1. The highest BCUT2D eigenvalue weighted by atomic mass is 79.9. The number of hydrogen-bond donors (Lipinski definition) is 1. The summed E-state index contributed by atoms with van der Waals surface area (Å²) in [6.45, 7) is 0.418. The summed E-state index contributed by atoms with van der Waals surface area (Å²) in [6.07, 6.45) is 1.55. The van der Waals surface area contributed by atoms with E-state index in [1.54, 1.807) is 42.7 Å². The molecule has 0 radical (unpaired) electrons. The normalized spacial score (nSPS) is 10.9. The summed E-state index contributed by atoms with van der Waals surface area (Å²) < 4.78 is 5.91. The second-order valence-electron chi connectivity index (χ2n) is 4.33. The minimum atomic E-state index is -0.386. The molecule has 0 saturated carbocycles. The number of methoxy groups -OCH3 is 1. The van der Waals surface area contributed by atoms with Gasteiger partial charge in [0.05, 0.1) is 18.1 Å². The van der Waals surface area contributed by atoms with Crippen molar-refractivity contribution < 1.29 is 9.53 Å². The highest BCUT2D eigenvalue weighted by Crippen LogP contribution is 2.26. The van der Waals surface area contributed by atoms with Crippen LogP contribution in [0.5, 0.6) is 5.75 Å². The fraction of sp³-hybridized carbons (Fsp3) is 0.125. The Morgan fingerprint density at radius 2 is 2.32 bits per heavy atom.